The molecule has 0 aliphatic heterocycles. The molecule has 2 amide bonds. The van der Waals surface area contributed by atoms with Crippen LogP contribution >= 0.6 is 0 Å². The van der Waals surface area contributed by atoms with E-state index in [1.54, 1.807) is 13.3 Å². The fourth-order valence-electron chi connectivity index (χ4n) is 2.50. The number of benzene rings is 2. The molecule has 0 radical (unpaired) electrons. The van der Waals surface area contributed by atoms with Gasteiger partial charge in [-0.2, -0.15) is 5.10 Å². The number of aryl methyl sites for hydroxylation is 1. The van der Waals surface area contributed by atoms with Crippen molar-refractivity contribution in [1.82, 2.24) is 9.99 Å². The molecular formula is C20H20N4O2. The van der Waals surface area contributed by atoms with Crippen LogP contribution in [0.4, 0.5) is 10.5 Å². The molecule has 0 saturated heterocycles. The second kappa shape index (κ2) is 8.02. The Balaban J connectivity index is 1.65. The zero-order chi connectivity index (χ0) is 18.4. The lowest BCUT2D eigenvalue weighted by Crippen LogP contribution is -2.24. The Labute approximate surface area is 152 Å². The molecule has 3 aromatic rings. The van der Waals surface area contributed by atoms with Gasteiger partial charge in [0.25, 0.3) is 0 Å². The number of carbonyl (C=O) groups excluding carboxylic acids is 1. The summed E-state index contributed by atoms with van der Waals surface area (Å²) in [6.07, 6.45) is 3.53. The molecule has 1 aromatic heterocycles. The molecule has 2 N–H and O–H groups in total. The second-order valence-corrected chi connectivity index (χ2v) is 5.64. The minimum Gasteiger partial charge on any atom is -0.497 e. The number of nitrogens with zero attached hydrogens (tertiary/aromatic N) is 2. The first kappa shape index (κ1) is 17.3. The standard InChI is InChI=1S/C20H20N4O2/c1-15-6-3-4-8-19(15)22-20(25)23-21-14-17-7-5-13-24(17)16-9-11-18(26-2)12-10-16/h3-14H,1-2H3,(H2,22,23,25). The van der Waals surface area contributed by atoms with Crippen molar-refractivity contribution in [2.45, 2.75) is 6.92 Å². The zero-order valence-electron chi connectivity index (χ0n) is 14.6. The summed E-state index contributed by atoms with van der Waals surface area (Å²) in [5.41, 5.74) is 6.03. The molecule has 3 rings (SSSR count). The van der Waals surface area contributed by atoms with Gasteiger partial charge in [-0.15, -0.1) is 0 Å². The molecule has 2 aromatic carbocycles. The molecule has 6 nitrogen and oxygen atoms in total. The van der Waals surface area contributed by atoms with Crippen molar-refractivity contribution >= 4 is 17.9 Å². The van der Waals surface area contributed by atoms with E-state index in [-0.39, 0.29) is 0 Å². The number of para-hydroxylation sites is 1. The first-order chi connectivity index (χ1) is 12.7. The topological polar surface area (TPSA) is 67.6 Å². The molecule has 0 aliphatic rings. The number of carbonyl (C=O) groups is 1. The van der Waals surface area contributed by atoms with Gasteiger partial charge in [0.15, 0.2) is 0 Å². The second-order valence-electron chi connectivity index (χ2n) is 5.64. The van der Waals surface area contributed by atoms with E-state index < -0.39 is 6.03 Å². The molecule has 0 aliphatic carbocycles. The maximum absolute atomic E-state index is 12.0. The molecule has 6 heteroatoms. The third-order valence-corrected chi connectivity index (χ3v) is 3.89. The average Bonchev–Trinajstić information content (AvgIpc) is 3.12. The monoisotopic (exact) mass is 348 g/mol. The number of hydrogen-bond donors (Lipinski definition) is 2. The third kappa shape index (κ3) is 4.10. The van der Waals surface area contributed by atoms with Gasteiger partial charge in [-0.1, -0.05) is 18.2 Å². The molecule has 0 saturated carbocycles. The van der Waals surface area contributed by atoms with Crippen molar-refractivity contribution in [2.24, 2.45) is 5.10 Å². The van der Waals surface area contributed by atoms with Crippen LogP contribution < -0.4 is 15.5 Å². The highest BCUT2D eigenvalue weighted by molar-refractivity contribution is 5.91. The molecule has 0 unspecified atom stereocenters. The van der Waals surface area contributed by atoms with Crippen LogP contribution in [-0.2, 0) is 0 Å². The van der Waals surface area contributed by atoms with Gasteiger partial charge in [0.05, 0.1) is 19.0 Å². The summed E-state index contributed by atoms with van der Waals surface area (Å²) in [4.78, 5) is 12.0. The predicted molar refractivity (Wildman–Crippen MR) is 103 cm³/mol. The lowest BCUT2D eigenvalue weighted by atomic mass is 10.2. The lowest BCUT2D eigenvalue weighted by molar-refractivity contribution is 0.252. The summed E-state index contributed by atoms with van der Waals surface area (Å²) in [6.45, 7) is 1.93. The maximum atomic E-state index is 12.0. The highest BCUT2D eigenvalue weighted by Gasteiger charge is 2.04. The van der Waals surface area contributed by atoms with Crippen molar-refractivity contribution in [3.05, 3.63) is 78.1 Å². The highest BCUT2D eigenvalue weighted by atomic mass is 16.5. The fraction of sp³-hybridized carbons (Fsp3) is 0.100. The summed E-state index contributed by atoms with van der Waals surface area (Å²) < 4.78 is 7.14. The average molecular weight is 348 g/mol. The molecule has 0 atom stereocenters. The number of rotatable bonds is 5. The van der Waals surface area contributed by atoms with Crippen molar-refractivity contribution in [1.29, 1.82) is 0 Å². The van der Waals surface area contributed by atoms with E-state index in [9.17, 15) is 4.79 Å². The number of hydrogen-bond acceptors (Lipinski definition) is 3. The Morgan fingerprint density at radius 3 is 2.58 bits per heavy atom. The quantitative estimate of drug-likeness (QED) is 0.541. The summed E-state index contributed by atoms with van der Waals surface area (Å²) >= 11 is 0. The Morgan fingerprint density at radius 1 is 1.08 bits per heavy atom. The van der Waals surface area contributed by atoms with Crippen LogP contribution in [0.5, 0.6) is 5.75 Å². The minimum atomic E-state index is -0.391. The summed E-state index contributed by atoms with van der Waals surface area (Å²) in [5, 5.41) is 6.79. The van der Waals surface area contributed by atoms with Crippen LogP contribution in [0.15, 0.2) is 72.0 Å². The van der Waals surface area contributed by atoms with Crippen LogP contribution in [0.2, 0.25) is 0 Å². The maximum Gasteiger partial charge on any atom is 0.339 e. The Kier molecular flexibility index (Phi) is 5.34. The van der Waals surface area contributed by atoms with Gasteiger partial charge in [0.1, 0.15) is 5.75 Å². The van der Waals surface area contributed by atoms with Crippen molar-refractivity contribution in [3.63, 3.8) is 0 Å². The van der Waals surface area contributed by atoms with Gasteiger partial charge in [-0.3, -0.25) is 0 Å². The number of methoxy groups -OCH3 is 1. The van der Waals surface area contributed by atoms with E-state index in [0.717, 1.165) is 28.4 Å². The first-order valence-corrected chi connectivity index (χ1v) is 8.15. The summed E-state index contributed by atoms with van der Waals surface area (Å²) in [6, 6.07) is 18.7. The van der Waals surface area contributed by atoms with E-state index in [1.165, 1.54) is 0 Å². The van der Waals surface area contributed by atoms with Crippen molar-refractivity contribution in [2.75, 3.05) is 12.4 Å². The van der Waals surface area contributed by atoms with E-state index in [2.05, 4.69) is 15.8 Å². The van der Waals surface area contributed by atoms with E-state index >= 15 is 0 Å². The zero-order valence-corrected chi connectivity index (χ0v) is 14.6. The molecular weight excluding hydrogens is 328 g/mol. The molecule has 0 bridgehead atoms. The predicted octanol–water partition coefficient (Wildman–Crippen LogP) is 3.95. The van der Waals surface area contributed by atoms with Gasteiger partial charge in [0.2, 0.25) is 0 Å². The van der Waals surface area contributed by atoms with E-state index in [0.29, 0.717) is 0 Å². The third-order valence-electron chi connectivity index (χ3n) is 3.89. The Morgan fingerprint density at radius 2 is 1.85 bits per heavy atom. The molecule has 0 fully saturated rings. The molecule has 26 heavy (non-hydrogen) atoms. The highest BCUT2D eigenvalue weighted by Crippen LogP contribution is 2.16. The van der Waals surface area contributed by atoms with Crippen LogP contribution in [-0.4, -0.2) is 23.9 Å². The summed E-state index contributed by atoms with van der Waals surface area (Å²) in [7, 11) is 1.64. The van der Waals surface area contributed by atoms with Gasteiger partial charge >= 0.3 is 6.03 Å². The number of urea groups is 1. The number of hydrazone groups is 1. The van der Waals surface area contributed by atoms with E-state index in [4.69, 9.17) is 4.74 Å². The Hall–Kier alpha value is -3.54. The smallest absolute Gasteiger partial charge is 0.339 e. The summed E-state index contributed by atoms with van der Waals surface area (Å²) in [5.74, 6) is 0.797. The number of ether oxygens (including phenoxy) is 1. The molecule has 132 valence electrons. The fourth-order valence-corrected chi connectivity index (χ4v) is 2.50. The lowest BCUT2D eigenvalue weighted by Gasteiger charge is -2.08. The SMILES string of the molecule is COc1ccc(-n2cccc2C=NNC(=O)Nc2ccccc2C)cc1. The van der Waals surface area contributed by atoms with Crippen LogP contribution in [0.1, 0.15) is 11.3 Å². The number of nitrogens with one attached hydrogen (secondary N) is 2. The minimum absolute atomic E-state index is 0.391. The van der Waals surface area contributed by atoms with Gasteiger partial charge in [0, 0.05) is 17.6 Å². The van der Waals surface area contributed by atoms with Crippen LogP contribution in [0, 0.1) is 6.92 Å². The number of anilines is 1. The van der Waals surface area contributed by atoms with Gasteiger partial charge in [-0.25, -0.2) is 10.2 Å². The number of aromatic nitrogens is 1. The first-order valence-electron chi connectivity index (χ1n) is 8.15. The number of amides is 2. The Bertz CT molecular complexity index is 914. The van der Waals surface area contributed by atoms with Crippen molar-refractivity contribution in [3.8, 4) is 11.4 Å². The molecule has 0 spiro atoms. The van der Waals surface area contributed by atoms with Gasteiger partial charge < -0.3 is 14.6 Å². The largest absolute Gasteiger partial charge is 0.497 e. The van der Waals surface area contributed by atoms with Crippen LogP contribution in [0.3, 0.4) is 0 Å². The van der Waals surface area contributed by atoms with E-state index in [1.807, 2.05) is 78.4 Å². The normalized spacial score (nSPS) is 10.7. The van der Waals surface area contributed by atoms with Gasteiger partial charge in [-0.05, 0) is 55.0 Å². The van der Waals surface area contributed by atoms with Crippen molar-refractivity contribution < 1.29 is 9.53 Å². The molecule has 1 heterocycles. The van der Waals surface area contributed by atoms with Crippen LogP contribution in [0.25, 0.3) is 5.69 Å².